The van der Waals surface area contributed by atoms with Crippen LogP contribution in [0.1, 0.15) is 24.0 Å². The maximum absolute atomic E-state index is 13.9. The Hall–Kier alpha value is -3.54. The van der Waals surface area contributed by atoms with Gasteiger partial charge in [0.2, 0.25) is 5.95 Å². The van der Waals surface area contributed by atoms with E-state index in [2.05, 4.69) is 16.0 Å². The minimum absolute atomic E-state index is 0.0481. The molecule has 1 fully saturated rings. The number of hydrogen-bond acceptors (Lipinski definition) is 7. The van der Waals surface area contributed by atoms with Gasteiger partial charge in [0.05, 0.1) is 23.6 Å². The first-order chi connectivity index (χ1) is 15.7. The van der Waals surface area contributed by atoms with Gasteiger partial charge in [-0.3, -0.25) is 14.3 Å². The zero-order valence-corrected chi connectivity index (χ0v) is 18.3. The first-order valence-corrected chi connectivity index (χ1v) is 11.4. The summed E-state index contributed by atoms with van der Waals surface area (Å²) in [5, 5.41) is 12.1. The molecule has 5 rings (SSSR count). The molecule has 1 aliphatic rings. The molecular formula is C24H22N6OS. The van der Waals surface area contributed by atoms with Gasteiger partial charge < -0.3 is 10.6 Å². The van der Waals surface area contributed by atoms with Crippen LogP contribution in [-0.4, -0.2) is 33.7 Å². The van der Waals surface area contributed by atoms with Gasteiger partial charge in [-0.2, -0.15) is 5.26 Å². The van der Waals surface area contributed by atoms with Crippen LogP contribution in [0.4, 0.5) is 5.95 Å². The van der Waals surface area contributed by atoms with E-state index in [0.29, 0.717) is 28.3 Å². The Balaban J connectivity index is 1.72. The lowest BCUT2D eigenvalue weighted by atomic mass is 10.1. The molecule has 0 spiro atoms. The number of anilines is 1. The lowest BCUT2D eigenvalue weighted by Crippen LogP contribution is -2.45. The van der Waals surface area contributed by atoms with Crippen molar-refractivity contribution in [3.8, 4) is 17.2 Å². The number of piperidine rings is 1. The van der Waals surface area contributed by atoms with Gasteiger partial charge in [-0.1, -0.05) is 18.2 Å². The Kier molecular flexibility index (Phi) is 5.43. The van der Waals surface area contributed by atoms with Gasteiger partial charge >= 0.3 is 0 Å². The van der Waals surface area contributed by atoms with Crippen LogP contribution < -0.4 is 16.2 Å². The molecule has 7 nitrogen and oxygen atoms in total. The summed E-state index contributed by atoms with van der Waals surface area (Å²) in [4.78, 5) is 25.8. The number of thiophene rings is 1. The molecule has 1 saturated heterocycles. The van der Waals surface area contributed by atoms with Crippen LogP contribution in [-0.2, 0) is 6.54 Å². The van der Waals surface area contributed by atoms with Crippen molar-refractivity contribution in [3.05, 3.63) is 75.7 Å². The van der Waals surface area contributed by atoms with E-state index in [1.165, 1.54) is 11.3 Å². The normalized spacial score (nSPS) is 16.2. The van der Waals surface area contributed by atoms with Crippen LogP contribution in [0, 0.1) is 11.3 Å². The number of nitrogens with zero attached hydrogens (tertiary/aromatic N) is 5. The van der Waals surface area contributed by atoms with Gasteiger partial charge in [0.25, 0.3) is 5.56 Å². The summed E-state index contributed by atoms with van der Waals surface area (Å²) in [6, 6.07) is 13.5. The number of rotatable bonds is 4. The highest BCUT2D eigenvalue weighted by Gasteiger charge is 2.24. The lowest BCUT2D eigenvalue weighted by molar-refractivity contribution is 0.492. The Morgan fingerprint density at radius 1 is 1.22 bits per heavy atom. The fourth-order valence-corrected chi connectivity index (χ4v) is 5.20. The average Bonchev–Trinajstić information content (AvgIpc) is 3.26. The van der Waals surface area contributed by atoms with E-state index in [9.17, 15) is 10.1 Å². The molecule has 0 unspecified atom stereocenters. The molecule has 3 aromatic heterocycles. The second-order valence-corrected chi connectivity index (χ2v) is 8.84. The van der Waals surface area contributed by atoms with E-state index < -0.39 is 0 Å². The third kappa shape index (κ3) is 3.66. The highest BCUT2D eigenvalue weighted by atomic mass is 32.1. The van der Waals surface area contributed by atoms with Crippen LogP contribution in [0.3, 0.4) is 0 Å². The van der Waals surface area contributed by atoms with Crippen molar-refractivity contribution >= 4 is 27.5 Å². The van der Waals surface area contributed by atoms with Crippen molar-refractivity contribution in [2.45, 2.75) is 25.4 Å². The van der Waals surface area contributed by atoms with E-state index >= 15 is 0 Å². The van der Waals surface area contributed by atoms with Crippen LogP contribution in [0.5, 0.6) is 0 Å². The van der Waals surface area contributed by atoms with Crippen molar-refractivity contribution in [2.75, 3.05) is 18.0 Å². The minimum atomic E-state index is -0.107. The Morgan fingerprint density at radius 3 is 2.81 bits per heavy atom. The second-order valence-electron chi connectivity index (χ2n) is 7.99. The largest absolute Gasteiger partial charge is 0.341 e. The molecule has 0 bridgehead atoms. The maximum atomic E-state index is 13.9. The van der Waals surface area contributed by atoms with Crippen molar-refractivity contribution in [2.24, 2.45) is 5.73 Å². The molecule has 160 valence electrons. The molecule has 8 heteroatoms. The Labute approximate surface area is 189 Å². The van der Waals surface area contributed by atoms with Crippen LogP contribution in [0.25, 0.3) is 21.3 Å². The van der Waals surface area contributed by atoms with Gasteiger partial charge in [-0.15, -0.1) is 11.3 Å². The quantitative estimate of drug-likeness (QED) is 0.520. The van der Waals surface area contributed by atoms with Crippen LogP contribution in [0.15, 0.2) is 59.0 Å². The van der Waals surface area contributed by atoms with Crippen molar-refractivity contribution in [3.63, 3.8) is 0 Å². The molecule has 32 heavy (non-hydrogen) atoms. The summed E-state index contributed by atoms with van der Waals surface area (Å²) in [5.74, 6) is 0.619. The van der Waals surface area contributed by atoms with Gasteiger partial charge in [-0.05, 0) is 42.2 Å². The van der Waals surface area contributed by atoms with E-state index in [1.807, 2.05) is 35.7 Å². The Bertz CT molecular complexity index is 1370. The molecular weight excluding hydrogens is 420 g/mol. The summed E-state index contributed by atoms with van der Waals surface area (Å²) in [6.07, 6.45) is 5.36. The summed E-state index contributed by atoms with van der Waals surface area (Å²) in [6.45, 7) is 1.73. The number of benzene rings is 1. The SMILES string of the molecule is N#Cc1ccccc1Cn1c(N2CCC[C@@H](N)C2)nc2scc(-c3ccncc3)c2c1=O. The summed E-state index contributed by atoms with van der Waals surface area (Å²) in [5.41, 5.74) is 9.27. The smallest absolute Gasteiger partial charge is 0.264 e. The zero-order chi connectivity index (χ0) is 22.1. The molecule has 0 amide bonds. The molecule has 4 aromatic rings. The van der Waals surface area contributed by atoms with Crippen molar-refractivity contribution in [1.82, 2.24) is 14.5 Å². The molecule has 0 radical (unpaired) electrons. The molecule has 4 heterocycles. The van der Waals surface area contributed by atoms with Crippen molar-refractivity contribution in [1.29, 1.82) is 5.26 Å². The first-order valence-electron chi connectivity index (χ1n) is 10.6. The van der Waals surface area contributed by atoms with E-state index in [4.69, 9.17) is 10.7 Å². The number of nitriles is 1. The maximum Gasteiger partial charge on any atom is 0.264 e. The molecule has 1 aromatic carbocycles. The number of aromatic nitrogens is 3. The lowest BCUT2D eigenvalue weighted by Gasteiger charge is -2.33. The molecule has 0 saturated carbocycles. The Morgan fingerprint density at radius 2 is 2.03 bits per heavy atom. The molecule has 1 atom stereocenters. The summed E-state index contributed by atoms with van der Waals surface area (Å²) in [7, 11) is 0. The van der Waals surface area contributed by atoms with E-state index in [1.54, 1.807) is 23.0 Å². The molecule has 1 aliphatic heterocycles. The highest BCUT2D eigenvalue weighted by molar-refractivity contribution is 7.17. The third-order valence-electron chi connectivity index (χ3n) is 5.87. The highest BCUT2D eigenvalue weighted by Crippen LogP contribution is 2.32. The monoisotopic (exact) mass is 442 g/mol. The fraction of sp³-hybridized carbons (Fsp3) is 0.250. The average molecular weight is 443 g/mol. The second kappa shape index (κ2) is 8.54. The number of pyridine rings is 1. The molecule has 2 N–H and O–H groups in total. The summed E-state index contributed by atoms with van der Waals surface area (Å²) >= 11 is 1.47. The zero-order valence-electron chi connectivity index (χ0n) is 17.4. The number of hydrogen-bond donors (Lipinski definition) is 1. The topological polar surface area (TPSA) is 101 Å². The van der Waals surface area contributed by atoms with Gasteiger partial charge in [0, 0.05) is 42.5 Å². The van der Waals surface area contributed by atoms with E-state index in [-0.39, 0.29) is 18.1 Å². The fourth-order valence-electron chi connectivity index (χ4n) is 4.27. The van der Waals surface area contributed by atoms with Gasteiger partial charge in [0.15, 0.2) is 0 Å². The van der Waals surface area contributed by atoms with E-state index in [0.717, 1.165) is 36.1 Å². The summed E-state index contributed by atoms with van der Waals surface area (Å²) < 4.78 is 1.70. The first kappa shape index (κ1) is 20.4. The van der Waals surface area contributed by atoms with Gasteiger partial charge in [-0.25, -0.2) is 4.98 Å². The number of nitrogens with two attached hydrogens (primary N) is 1. The molecule has 0 aliphatic carbocycles. The standard InChI is InChI=1S/C24H22N6OS/c25-12-17-4-1-2-5-18(17)13-30-23(31)21-20(16-7-9-27-10-8-16)15-32-22(21)28-24(30)29-11-3-6-19(26)14-29/h1-2,4-5,7-10,15,19H,3,6,11,13-14,26H2/t19-/m1/s1. The third-order valence-corrected chi connectivity index (χ3v) is 6.74. The van der Waals surface area contributed by atoms with Crippen LogP contribution in [0.2, 0.25) is 0 Å². The van der Waals surface area contributed by atoms with Crippen molar-refractivity contribution < 1.29 is 0 Å². The predicted octanol–water partition coefficient (Wildman–Crippen LogP) is 3.37. The number of fused-ring (bicyclic) bond motifs is 1. The minimum Gasteiger partial charge on any atom is -0.341 e. The van der Waals surface area contributed by atoms with Gasteiger partial charge in [0.1, 0.15) is 4.83 Å². The predicted molar refractivity (Wildman–Crippen MR) is 127 cm³/mol. The van der Waals surface area contributed by atoms with Crippen LogP contribution >= 0.6 is 11.3 Å².